The van der Waals surface area contributed by atoms with Crippen molar-refractivity contribution in [2.45, 2.75) is 26.7 Å². The molecule has 7 nitrogen and oxygen atoms in total. The van der Waals surface area contributed by atoms with Crippen molar-refractivity contribution >= 4 is 5.69 Å². The van der Waals surface area contributed by atoms with Crippen LogP contribution in [0.25, 0.3) is 5.82 Å². The minimum Gasteiger partial charge on any atom is -0.258 e. The molecule has 0 saturated carbocycles. The maximum absolute atomic E-state index is 11.2. The Balaban J connectivity index is 2.68. The SMILES string of the molecule is CCc1nn(-c2cc(C#N)ccn2)c(CC)c1[N+](=O)[O-]. The molecule has 0 N–H and O–H groups in total. The molecule has 0 saturated heterocycles. The Kier molecular flexibility index (Phi) is 3.75. The monoisotopic (exact) mass is 271 g/mol. The Morgan fingerprint density at radius 3 is 2.75 bits per heavy atom. The second-order valence-electron chi connectivity index (χ2n) is 4.13. The summed E-state index contributed by atoms with van der Waals surface area (Å²) in [5.41, 5.74) is 1.40. The van der Waals surface area contributed by atoms with Crippen LogP contribution in [0.5, 0.6) is 0 Å². The Hall–Kier alpha value is -2.75. The largest absolute Gasteiger partial charge is 0.313 e. The number of nitro groups is 1. The number of rotatable bonds is 4. The summed E-state index contributed by atoms with van der Waals surface area (Å²) in [5.74, 6) is 0.420. The lowest BCUT2D eigenvalue weighted by molar-refractivity contribution is -0.386. The van der Waals surface area contributed by atoms with Crippen LogP contribution in [0.4, 0.5) is 5.69 Å². The number of nitriles is 1. The minimum absolute atomic E-state index is 0.0409. The van der Waals surface area contributed by atoms with E-state index < -0.39 is 4.92 Å². The molecule has 0 radical (unpaired) electrons. The maximum atomic E-state index is 11.2. The molecule has 0 fully saturated rings. The Morgan fingerprint density at radius 2 is 2.20 bits per heavy atom. The van der Waals surface area contributed by atoms with Gasteiger partial charge in [-0.15, -0.1) is 0 Å². The normalized spacial score (nSPS) is 10.2. The van der Waals surface area contributed by atoms with Gasteiger partial charge in [-0.1, -0.05) is 13.8 Å². The number of hydrogen-bond acceptors (Lipinski definition) is 5. The Bertz CT molecular complexity index is 699. The standard InChI is InChI=1S/C13H13N5O2/c1-3-10-13(18(19)20)11(4-2)17(16-10)12-7-9(8-14)5-6-15-12/h5-7H,3-4H2,1-2H3. The number of pyridine rings is 1. The third-order valence-electron chi connectivity index (χ3n) is 2.97. The predicted octanol–water partition coefficient (Wildman–Crippen LogP) is 2.17. The van der Waals surface area contributed by atoms with Crippen LogP contribution in [0.3, 0.4) is 0 Å². The highest BCUT2D eigenvalue weighted by Gasteiger charge is 2.26. The fourth-order valence-corrected chi connectivity index (χ4v) is 2.05. The summed E-state index contributed by atoms with van der Waals surface area (Å²) in [6.07, 6.45) is 2.42. The van der Waals surface area contributed by atoms with Crippen LogP contribution < -0.4 is 0 Å². The van der Waals surface area contributed by atoms with Crippen molar-refractivity contribution < 1.29 is 4.92 Å². The quantitative estimate of drug-likeness (QED) is 0.627. The van der Waals surface area contributed by atoms with Gasteiger partial charge in [0.1, 0.15) is 11.4 Å². The van der Waals surface area contributed by atoms with Crippen molar-refractivity contribution in [2.24, 2.45) is 0 Å². The van der Waals surface area contributed by atoms with Gasteiger partial charge in [-0.25, -0.2) is 9.67 Å². The number of nitrogens with zero attached hydrogens (tertiary/aromatic N) is 5. The molecular formula is C13H13N5O2. The minimum atomic E-state index is -0.407. The predicted molar refractivity (Wildman–Crippen MR) is 71.5 cm³/mol. The molecule has 2 aromatic heterocycles. The summed E-state index contributed by atoms with van der Waals surface area (Å²) in [4.78, 5) is 14.9. The third kappa shape index (κ3) is 2.23. The van der Waals surface area contributed by atoms with Gasteiger partial charge in [0.15, 0.2) is 5.82 Å². The first-order valence-corrected chi connectivity index (χ1v) is 6.24. The van der Waals surface area contributed by atoms with Crippen molar-refractivity contribution in [3.05, 3.63) is 45.4 Å². The molecule has 2 aromatic rings. The average Bonchev–Trinajstić information content (AvgIpc) is 2.86. The highest BCUT2D eigenvalue weighted by molar-refractivity contribution is 5.46. The van der Waals surface area contributed by atoms with Crippen molar-refractivity contribution in [1.82, 2.24) is 14.8 Å². The van der Waals surface area contributed by atoms with Crippen molar-refractivity contribution in [2.75, 3.05) is 0 Å². The second-order valence-corrected chi connectivity index (χ2v) is 4.13. The molecular weight excluding hydrogens is 258 g/mol. The van der Waals surface area contributed by atoms with Crippen LogP contribution in [0.15, 0.2) is 18.3 Å². The lowest BCUT2D eigenvalue weighted by atomic mass is 10.2. The molecule has 0 aromatic carbocycles. The molecule has 7 heteroatoms. The molecule has 2 rings (SSSR count). The van der Waals surface area contributed by atoms with Gasteiger partial charge in [0, 0.05) is 12.3 Å². The number of hydrogen-bond donors (Lipinski definition) is 0. The summed E-state index contributed by atoms with van der Waals surface area (Å²) in [6.45, 7) is 3.65. The van der Waals surface area contributed by atoms with E-state index in [2.05, 4.69) is 10.1 Å². The highest BCUT2D eigenvalue weighted by Crippen LogP contribution is 2.26. The van der Waals surface area contributed by atoms with Gasteiger partial charge >= 0.3 is 5.69 Å². The zero-order valence-corrected chi connectivity index (χ0v) is 11.2. The molecule has 0 atom stereocenters. The van der Waals surface area contributed by atoms with Gasteiger partial charge in [-0.2, -0.15) is 10.4 Å². The molecule has 0 unspecified atom stereocenters. The molecule has 102 valence electrons. The van der Waals surface area contributed by atoms with Crippen LogP contribution in [0.1, 0.15) is 30.8 Å². The summed E-state index contributed by atoms with van der Waals surface area (Å²) in [6, 6.07) is 5.16. The first-order valence-electron chi connectivity index (χ1n) is 6.24. The van der Waals surface area contributed by atoms with E-state index >= 15 is 0 Å². The molecule has 0 aliphatic carbocycles. The van der Waals surface area contributed by atoms with Gasteiger partial charge in [0.05, 0.1) is 16.6 Å². The molecule has 0 spiro atoms. The number of aromatic nitrogens is 3. The van der Waals surface area contributed by atoms with Gasteiger partial charge in [0.25, 0.3) is 0 Å². The fourth-order valence-electron chi connectivity index (χ4n) is 2.05. The molecule has 0 aliphatic rings. The van der Waals surface area contributed by atoms with E-state index in [0.717, 1.165) is 0 Å². The second kappa shape index (κ2) is 5.48. The van der Waals surface area contributed by atoms with Crippen LogP contribution in [-0.2, 0) is 12.8 Å². The van der Waals surface area contributed by atoms with E-state index in [4.69, 9.17) is 5.26 Å². The van der Waals surface area contributed by atoms with Crippen molar-refractivity contribution in [1.29, 1.82) is 5.26 Å². The van der Waals surface area contributed by atoms with E-state index in [1.165, 1.54) is 10.9 Å². The Labute approximate surface area is 115 Å². The van der Waals surface area contributed by atoms with Gasteiger partial charge in [-0.3, -0.25) is 10.1 Å². The van der Waals surface area contributed by atoms with Crippen LogP contribution >= 0.6 is 0 Å². The topological polar surface area (TPSA) is 97.6 Å². The smallest absolute Gasteiger partial charge is 0.258 e. The summed E-state index contributed by atoms with van der Waals surface area (Å²) in [5, 5.41) is 24.4. The zero-order chi connectivity index (χ0) is 14.7. The van der Waals surface area contributed by atoms with Crippen molar-refractivity contribution in [3.63, 3.8) is 0 Å². The zero-order valence-electron chi connectivity index (χ0n) is 11.2. The molecule has 0 amide bonds. The molecule has 20 heavy (non-hydrogen) atoms. The average molecular weight is 271 g/mol. The van der Waals surface area contributed by atoms with Gasteiger partial charge in [0.2, 0.25) is 0 Å². The van der Waals surface area contributed by atoms with E-state index in [-0.39, 0.29) is 5.69 Å². The lowest BCUT2D eigenvalue weighted by Crippen LogP contribution is -2.05. The van der Waals surface area contributed by atoms with Crippen LogP contribution in [0.2, 0.25) is 0 Å². The lowest BCUT2D eigenvalue weighted by Gasteiger charge is -2.03. The first kappa shape index (κ1) is 13.7. The molecule has 0 aliphatic heterocycles. The molecule has 2 heterocycles. The van der Waals surface area contributed by atoms with Gasteiger partial charge < -0.3 is 0 Å². The van der Waals surface area contributed by atoms with Gasteiger partial charge in [-0.05, 0) is 18.9 Å². The third-order valence-corrected chi connectivity index (χ3v) is 2.97. The summed E-state index contributed by atoms with van der Waals surface area (Å²) >= 11 is 0. The Morgan fingerprint density at radius 1 is 1.45 bits per heavy atom. The summed E-state index contributed by atoms with van der Waals surface area (Å²) in [7, 11) is 0. The fraction of sp³-hybridized carbons (Fsp3) is 0.308. The molecule has 0 bridgehead atoms. The van der Waals surface area contributed by atoms with Crippen LogP contribution in [-0.4, -0.2) is 19.7 Å². The number of aryl methyl sites for hydroxylation is 1. The highest BCUT2D eigenvalue weighted by atomic mass is 16.6. The maximum Gasteiger partial charge on any atom is 0.313 e. The van der Waals surface area contributed by atoms with Crippen LogP contribution in [0, 0.1) is 21.4 Å². The van der Waals surface area contributed by atoms with E-state index in [9.17, 15) is 10.1 Å². The summed E-state index contributed by atoms with van der Waals surface area (Å²) < 4.78 is 1.46. The van der Waals surface area contributed by atoms with E-state index in [0.29, 0.717) is 35.6 Å². The van der Waals surface area contributed by atoms with E-state index in [1.54, 1.807) is 12.1 Å². The van der Waals surface area contributed by atoms with Crippen molar-refractivity contribution in [3.8, 4) is 11.9 Å². The first-order chi connectivity index (χ1) is 9.62. The van der Waals surface area contributed by atoms with E-state index in [1.807, 2.05) is 19.9 Å².